The largest absolute Gasteiger partial charge is 0.495 e. The van der Waals surface area contributed by atoms with E-state index in [-0.39, 0.29) is 6.03 Å². The summed E-state index contributed by atoms with van der Waals surface area (Å²) in [6.45, 7) is 3.63. The van der Waals surface area contributed by atoms with E-state index in [1.807, 2.05) is 29.2 Å². The maximum Gasteiger partial charge on any atom is 0.322 e. The predicted molar refractivity (Wildman–Crippen MR) is 107 cm³/mol. The molecule has 3 fully saturated rings. The Hall–Kier alpha value is -2.53. The molecule has 0 saturated carbocycles. The Kier molecular flexibility index (Phi) is 5.30. The Morgan fingerprint density at radius 3 is 2.63 bits per heavy atom. The lowest BCUT2D eigenvalue weighted by molar-refractivity contribution is 0.124. The number of nitrogens with zero attached hydrogens (tertiary/aromatic N) is 2. The van der Waals surface area contributed by atoms with Crippen LogP contribution in [-0.2, 0) is 6.54 Å². The monoisotopic (exact) mass is 365 g/mol. The van der Waals surface area contributed by atoms with Gasteiger partial charge >= 0.3 is 6.03 Å². The molecule has 142 valence electrons. The summed E-state index contributed by atoms with van der Waals surface area (Å²) < 4.78 is 5.35. The minimum absolute atomic E-state index is 0.0297. The predicted octanol–water partition coefficient (Wildman–Crippen LogP) is 3.82. The van der Waals surface area contributed by atoms with Crippen molar-refractivity contribution in [1.82, 2.24) is 9.80 Å². The molecule has 0 aromatic heterocycles. The number of ether oxygens (including phenoxy) is 1. The van der Waals surface area contributed by atoms with Gasteiger partial charge in [0.15, 0.2) is 0 Å². The molecule has 3 saturated heterocycles. The molecule has 0 aliphatic carbocycles. The van der Waals surface area contributed by atoms with E-state index in [9.17, 15) is 4.79 Å². The summed E-state index contributed by atoms with van der Waals surface area (Å²) in [5.74, 6) is 1.23. The second-order valence-electron chi connectivity index (χ2n) is 7.55. The third-order valence-corrected chi connectivity index (χ3v) is 5.69. The number of piperidine rings is 1. The molecule has 5 nitrogen and oxygen atoms in total. The number of anilines is 1. The second-order valence-corrected chi connectivity index (χ2v) is 7.55. The van der Waals surface area contributed by atoms with Gasteiger partial charge in [0.2, 0.25) is 0 Å². The maximum absolute atomic E-state index is 12.9. The Labute approximate surface area is 160 Å². The number of carbonyl (C=O) groups is 1. The summed E-state index contributed by atoms with van der Waals surface area (Å²) in [7, 11) is 1.62. The van der Waals surface area contributed by atoms with Crippen molar-refractivity contribution in [3.8, 4) is 5.75 Å². The van der Waals surface area contributed by atoms with Crippen LogP contribution in [0.4, 0.5) is 10.5 Å². The zero-order valence-electron chi connectivity index (χ0n) is 15.8. The first-order valence-electron chi connectivity index (χ1n) is 9.70. The summed E-state index contributed by atoms with van der Waals surface area (Å²) in [6.07, 6.45) is 2.37. The number of benzene rings is 2. The lowest BCUT2D eigenvalue weighted by Crippen LogP contribution is -2.44. The van der Waals surface area contributed by atoms with E-state index in [1.165, 1.54) is 12.0 Å². The zero-order chi connectivity index (χ0) is 18.6. The quantitative estimate of drug-likeness (QED) is 0.896. The van der Waals surface area contributed by atoms with Crippen molar-refractivity contribution in [2.24, 2.45) is 5.92 Å². The van der Waals surface area contributed by atoms with E-state index in [1.54, 1.807) is 7.11 Å². The van der Waals surface area contributed by atoms with Crippen LogP contribution in [0.2, 0.25) is 0 Å². The molecule has 3 aliphatic heterocycles. The number of nitrogens with one attached hydrogen (secondary N) is 1. The van der Waals surface area contributed by atoms with Crippen molar-refractivity contribution in [1.29, 1.82) is 0 Å². The minimum Gasteiger partial charge on any atom is -0.495 e. The van der Waals surface area contributed by atoms with E-state index in [4.69, 9.17) is 4.74 Å². The number of para-hydroxylation sites is 2. The Morgan fingerprint density at radius 1 is 1.04 bits per heavy atom. The molecule has 5 rings (SSSR count). The molecule has 0 spiro atoms. The Bertz CT molecular complexity index is 780. The van der Waals surface area contributed by atoms with Crippen molar-refractivity contribution >= 4 is 11.7 Å². The van der Waals surface area contributed by atoms with Crippen LogP contribution in [0.15, 0.2) is 54.6 Å². The van der Waals surface area contributed by atoms with Gasteiger partial charge in [-0.25, -0.2) is 4.79 Å². The molecule has 3 heterocycles. The van der Waals surface area contributed by atoms with E-state index >= 15 is 0 Å². The maximum atomic E-state index is 12.9. The first-order valence-corrected chi connectivity index (χ1v) is 9.70. The lowest BCUT2D eigenvalue weighted by atomic mass is 9.94. The molecule has 2 aromatic rings. The minimum atomic E-state index is -0.0297. The number of fused-ring (bicyclic) bond motifs is 4. The van der Waals surface area contributed by atoms with Crippen molar-refractivity contribution < 1.29 is 9.53 Å². The molecule has 1 N–H and O–H groups in total. The summed E-state index contributed by atoms with van der Waals surface area (Å²) >= 11 is 0. The molecule has 5 heteroatoms. The van der Waals surface area contributed by atoms with Crippen LogP contribution in [0.5, 0.6) is 5.75 Å². The van der Waals surface area contributed by atoms with Gasteiger partial charge in [0.05, 0.1) is 12.8 Å². The summed E-state index contributed by atoms with van der Waals surface area (Å²) in [4.78, 5) is 17.5. The van der Waals surface area contributed by atoms with E-state index in [0.717, 1.165) is 38.3 Å². The van der Waals surface area contributed by atoms with Crippen molar-refractivity contribution in [2.75, 3.05) is 32.1 Å². The molecule has 3 aliphatic rings. The van der Waals surface area contributed by atoms with Gasteiger partial charge in [-0.15, -0.1) is 0 Å². The normalized spacial score (nSPS) is 22.3. The molecular weight excluding hydrogens is 338 g/mol. The van der Waals surface area contributed by atoms with Crippen LogP contribution in [0, 0.1) is 5.92 Å². The number of rotatable bonds is 4. The van der Waals surface area contributed by atoms with Crippen molar-refractivity contribution in [2.45, 2.75) is 25.4 Å². The van der Waals surface area contributed by atoms with Crippen molar-refractivity contribution in [3.63, 3.8) is 0 Å². The average molecular weight is 365 g/mol. The van der Waals surface area contributed by atoms with Gasteiger partial charge in [-0.3, -0.25) is 4.90 Å². The van der Waals surface area contributed by atoms with Gasteiger partial charge in [0.25, 0.3) is 0 Å². The summed E-state index contributed by atoms with van der Waals surface area (Å²) in [5.41, 5.74) is 2.07. The van der Waals surface area contributed by atoms with Gasteiger partial charge in [-0.05, 0) is 36.5 Å². The summed E-state index contributed by atoms with van der Waals surface area (Å²) in [5, 5.41) is 3.04. The standard InChI is InChI=1S/C22H27N3O2/c1-27-21-10-6-5-9-20(21)23-22(26)25-15-18-11-12-19(16-25)24(14-18)13-17-7-3-2-4-8-17/h2-10,18-19H,11-16H2,1H3,(H,23,26)/t18-,19-/m1/s1. The Morgan fingerprint density at radius 2 is 1.81 bits per heavy atom. The van der Waals surface area contributed by atoms with E-state index in [0.29, 0.717) is 17.7 Å². The lowest BCUT2D eigenvalue weighted by Gasteiger charge is -2.36. The summed E-state index contributed by atoms with van der Waals surface area (Å²) in [6, 6.07) is 18.6. The number of carbonyl (C=O) groups excluding carboxylic acids is 1. The molecule has 0 unspecified atom stereocenters. The molecular formula is C22H27N3O2. The van der Waals surface area contributed by atoms with Gasteiger partial charge in [-0.1, -0.05) is 42.5 Å². The fraction of sp³-hybridized carbons (Fsp3) is 0.409. The van der Waals surface area contributed by atoms with Gasteiger partial charge in [-0.2, -0.15) is 0 Å². The van der Waals surface area contributed by atoms with Gasteiger partial charge in [0, 0.05) is 32.2 Å². The first kappa shape index (κ1) is 17.9. The highest BCUT2D eigenvalue weighted by Gasteiger charge is 2.36. The van der Waals surface area contributed by atoms with Crippen LogP contribution in [-0.4, -0.2) is 48.6 Å². The fourth-order valence-corrected chi connectivity index (χ4v) is 4.30. The van der Waals surface area contributed by atoms with Crippen LogP contribution in [0.25, 0.3) is 0 Å². The molecule has 2 bridgehead atoms. The SMILES string of the molecule is COc1ccccc1NC(=O)N1C[C@@H]2CC[C@H](C1)N(Cc1ccccc1)C2. The number of methoxy groups -OCH3 is 1. The molecule has 2 amide bonds. The number of urea groups is 1. The van der Waals surface area contributed by atoms with Crippen molar-refractivity contribution in [3.05, 3.63) is 60.2 Å². The van der Waals surface area contributed by atoms with E-state index < -0.39 is 0 Å². The van der Waals surface area contributed by atoms with Crippen LogP contribution < -0.4 is 10.1 Å². The van der Waals surface area contributed by atoms with Crippen LogP contribution in [0.1, 0.15) is 18.4 Å². The smallest absolute Gasteiger partial charge is 0.322 e. The average Bonchev–Trinajstić information content (AvgIpc) is 3.01. The number of hydrogen-bond acceptors (Lipinski definition) is 3. The fourth-order valence-electron chi connectivity index (χ4n) is 4.30. The highest BCUT2D eigenvalue weighted by Crippen LogP contribution is 2.30. The van der Waals surface area contributed by atoms with Gasteiger partial charge < -0.3 is 15.0 Å². The third-order valence-electron chi connectivity index (χ3n) is 5.69. The highest BCUT2D eigenvalue weighted by molar-refractivity contribution is 5.91. The van der Waals surface area contributed by atoms with Crippen LogP contribution >= 0.6 is 0 Å². The zero-order valence-corrected chi connectivity index (χ0v) is 15.8. The molecule has 0 radical (unpaired) electrons. The second kappa shape index (κ2) is 8.01. The van der Waals surface area contributed by atoms with Crippen LogP contribution in [0.3, 0.4) is 0 Å². The van der Waals surface area contributed by atoms with Gasteiger partial charge in [0.1, 0.15) is 5.75 Å². The first-order chi connectivity index (χ1) is 13.2. The highest BCUT2D eigenvalue weighted by atomic mass is 16.5. The molecule has 2 aromatic carbocycles. The third kappa shape index (κ3) is 4.08. The topological polar surface area (TPSA) is 44.8 Å². The molecule has 2 atom stereocenters. The number of amides is 2. The number of hydrogen-bond donors (Lipinski definition) is 1. The Balaban J connectivity index is 1.44. The molecule has 27 heavy (non-hydrogen) atoms. The van der Waals surface area contributed by atoms with E-state index in [2.05, 4.69) is 40.5 Å².